The van der Waals surface area contributed by atoms with E-state index in [1.54, 1.807) is 23.9 Å². The van der Waals surface area contributed by atoms with Crippen molar-refractivity contribution in [3.8, 4) is 0 Å². The van der Waals surface area contributed by atoms with E-state index in [9.17, 15) is 4.39 Å². The Morgan fingerprint density at radius 1 is 1.42 bits per heavy atom. The molecule has 1 aliphatic heterocycles. The van der Waals surface area contributed by atoms with Crippen LogP contribution in [0.1, 0.15) is 32.6 Å². The van der Waals surface area contributed by atoms with Crippen LogP contribution in [0.15, 0.2) is 29.3 Å². The fraction of sp³-hybridized carbons (Fsp3) is 0.533. The fourth-order valence-electron chi connectivity index (χ4n) is 3.09. The Hall–Kier alpha value is -1.03. The lowest BCUT2D eigenvalue weighted by atomic mass is 9.78. The third-order valence-electron chi connectivity index (χ3n) is 4.00. The van der Waals surface area contributed by atoms with Crippen molar-refractivity contribution < 1.29 is 4.39 Å². The third-order valence-corrected chi connectivity index (χ3v) is 5.15. The molecular formula is C15H19FN2S. The van der Waals surface area contributed by atoms with Crippen LogP contribution >= 0.6 is 11.8 Å². The molecule has 2 aliphatic rings. The van der Waals surface area contributed by atoms with Crippen LogP contribution in [0.2, 0.25) is 0 Å². The summed E-state index contributed by atoms with van der Waals surface area (Å²) in [4.78, 5) is 4.87. The summed E-state index contributed by atoms with van der Waals surface area (Å²) in [5.41, 5.74) is 0.630. The molecule has 0 aromatic heterocycles. The number of anilines is 1. The van der Waals surface area contributed by atoms with Gasteiger partial charge in [0.25, 0.3) is 0 Å². The van der Waals surface area contributed by atoms with Gasteiger partial charge in [0.2, 0.25) is 0 Å². The number of nitrogens with one attached hydrogen (secondary N) is 1. The molecule has 4 heteroatoms. The summed E-state index contributed by atoms with van der Waals surface area (Å²) in [5, 5.41) is 4.01. The first-order valence-corrected chi connectivity index (χ1v) is 7.90. The SMILES string of the molecule is CC1CCCC2(CSC(Nc3ccccc3F)=N2)C1. The van der Waals surface area contributed by atoms with Crippen molar-refractivity contribution in [2.24, 2.45) is 10.9 Å². The summed E-state index contributed by atoms with van der Waals surface area (Å²) >= 11 is 1.73. The first kappa shape index (κ1) is 13.0. The number of amidine groups is 1. The molecule has 1 saturated carbocycles. The highest BCUT2D eigenvalue weighted by Crippen LogP contribution is 2.42. The standard InChI is InChI=1S/C15H19FN2S/c1-11-5-4-8-15(9-11)10-19-14(18-15)17-13-7-3-2-6-12(13)16/h2-3,6-7,11H,4-5,8-10H2,1H3,(H,17,18). The molecule has 102 valence electrons. The maximum atomic E-state index is 13.6. The Morgan fingerprint density at radius 2 is 2.26 bits per heavy atom. The van der Waals surface area contributed by atoms with Crippen LogP contribution < -0.4 is 5.32 Å². The quantitative estimate of drug-likeness (QED) is 0.828. The molecule has 3 rings (SSSR count). The zero-order valence-corrected chi connectivity index (χ0v) is 12.0. The number of halogens is 1. The first-order valence-electron chi connectivity index (χ1n) is 6.91. The van der Waals surface area contributed by atoms with Gasteiger partial charge in [0.05, 0.1) is 11.2 Å². The lowest BCUT2D eigenvalue weighted by molar-refractivity contribution is 0.266. The molecule has 1 fully saturated rings. The van der Waals surface area contributed by atoms with Crippen molar-refractivity contribution in [2.45, 2.75) is 38.1 Å². The highest BCUT2D eigenvalue weighted by molar-refractivity contribution is 8.14. The molecule has 1 N–H and O–H groups in total. The largest absolute Gasteiger partial charge is 0.333 e. The van der Waals surface area contributed by atoms with E-state index in [1.807, 2.05) is 6.07 Å². The van der Waals surface area contributed by atoms with E-state index in [-0.39, 0.29) is 11.4 Å². The number of hydrogen-bond acceptors (Lipinski definition) is 3. The van der Waals surface area contributed by atoms with Gasteiger partial charge in [-0.15, -0.1) is 0 Å². The van der Waals surface area contributed by atoms with Gasteiger partial charge >= 0.3 is 0 Å². The third kappa shape index (κ3) is 2.78. The van der Waals surface area contributed by atoms with Crippen molar-refractivity contribution >= 4 is 22.6 Å². The summed E-state index contributed by atoms with van der Waals surface area (Å²) < 4.78 is 13.6. The zero-order valence-electron chi connectivity index (χ0n) is 11.2. The Labute approximate surface area is 117 Å². The second kappa shape index (κ2) is 5.16. The van der Waals surface area contributed by atoms with Gasteiger partial charge in [0.1, 0.15) is 5.82 Å². The van der Waals surface area contributed by atoms with E-state index in [1.165, 1.54) is 31.7 Å². The highest BCUT2D eigenvalue weighted by Gasteiger charge is 2.39. The summed E-state index contributed by atoms with van der Waals surface area (Å²) in [5.74, 6) is 1.57. The van der Waals surface area contributed by atoms with Gasteiger partial charge in [-0.3, -0.25) is 4.99 Å². The van der Waals surface area contributed by atoms with Crippen molar-refractivity contribution in [1.29, 1.82) is 0 Å². The van der Waals surface area contributed by atoms with E-state index >= 15 is 0 Å². The highest BCUT2D eigenvalue weighted by atomic mass is 32.2. The molecule has 2 atom stereocenters. The van der Waals surface area contributed by atoms with E-state index in [2.05, 4.69) is 12.2 Å². The van der Waals surface area contributed by atoms with Crippen molar-refractivity contribution in [1.82, 2.24) is 0 Å². The molecule has 19 heavy (non-hydrogen) atoms. The van der Waals surface area contributed by atoms with Crippen LogP contribution in [0.5, 0.6) is 0 Å². The Balaban J connectivity index is 1.75. The minimum Gasteiger partial charge on any atom is -0.333 e. The molecule has 1 spiro atoms. The number of para-hydroxylation sites is 1. The number of nitrogens with zero attached hydrogens (tertiary/aromatic N) is 1. The minimum atomic E-state index is -0.219. The van der Waals surface area contributed by atoms with Gasteiger partial charge in [0.15, 0.2) is 5.17 Å². The predicted octanol–water partition coefficient (Wildman–Crippen LogP) is 4.29. The maximum absolute atomic E-state index is 13.6. The fourth-order valence-corrected chi connectivity index (χ4v) is 4.26. The van der Waals surface area contributed by atoms with Gasteiger partial charge in [-0.2, -0.15) is 0 Å². The summed E-state index contributed by atoms with van der Waals surface area (Å²) in [7, 11) is 0. The van der Waals surface area contributed by atoms with Crippen LogP contribution in [-0.2, 0) is 0 Å². The molecule has 1 aliphatic carbocycles. The van der Waals surface area contributed by atoms with Crippen molar-refractivity contribution in [3.05, 3.63) is 30.1 Å². The smallest absolute Gasteiger partial charge is 0.161 e. The molecule has 1 aromatic rings. The number of aliphatic imine (C=N–C) groups is 1. The van der Waals surface area contributed by atoms with Gasteiger partial charge in [-0.25, -0.2) is 4.39 Å². The molecule has 0 amide bonds. The molecular weight excluding hydrogens is 259 g/mol. The molecule has 0 radical (unpaired) electrons. The van der Waals surface area contributed by atoms with Gasteiger partial charge < -0.3 is 5.32 Å². The maximum Gasteiger partial charge on any atom is 0.161 e. The van der Waals surface area contributed by atoms with Crippen LogP contribution in [-0.4, -0.2) is 16.5 Å². The molecule has 2 unspecified atom stereocenters. The average molecular weight is 278 g/mol. The summed E-state index contributed by atoms with van der Waals surface area (Å²) in [6, 6.07) is 6.77. The van der Waals surface area contributed by atoms with Gasteiger partial charge in [-0.05, 0) is 30.9 Å². The summed E-state index contributed by atoms with van der Waals surface area (Å²) in [6.07, 6.45) is 4.92. The van der Waals surface area contributed by atoms with Gasteiger partial charge in [0, 0.05) is 5.75 Å². The van der Waals surface area contributed by atoms with Crippen LogP contribution in [0, 0.1) is 11.7 Å². The van der Waals surface area contributed by atoms with Crippen LogP contribution in [0.4, 0.5) is 10.1 Å². The lowest BCUT2D eigenvalue weighted by Crippen LogP contribution is -2.33. The predicted molar refractivity (Wildman–Crippen MR) is 80.3 cm³/mol. The van der Waals surface area contributed by atoms with E-state index in [0.29, 0.717) is 5.69 Å². The molecule has 2 nitrogen and oxygen atoms in total. The second-order valence-electron chi connectivity index (χ2n) is 5.74. The Bertz CT molecular complexity index is 503. The molecule has 1 heterocycles. The van der Waals surface area contributed by atoms with Crippen molar-refractivity contribution in [3.63, 3.8) is 0 Å². The van der Waals surface area contributed by atoms with E-state index in [4.69, 9.17) is 4.99 Å². The number of hydrogen-bond donors (Lipinski definition) is 1. The molecule has 0 saturated heterocycles. The Morgan fingerprint density at radius 3 is 3.05 bits per heavy atom. The van der Waals surface area contributed by atoms with Crippen LogP contribution in [0.25, 0.3) is 0 Å². The normalized spacial score (nSPS) is 30.4. The minimum absolute atomic E-state index is 0.107. The van der Waals surface area contributed by atoms with E-state index < -0.39 is 0 Å². The molecule has 0 bridgehead atoms. The second-order valence-corrected chi connectivity index (χ2v) is 6.70. The molecule has 1 aromatic carbocycles. The zero-order chi connectivity index (χ0) is 13.3. The number of rotatable bonds is 1. The number of thioether (sulfide) groups is 1. The van der Waals surface area contributed by atoms with Crippen LogP contribution in [0.3, 0.4) is 0 Å². The van der Waals surface area contributed by atoms with Crippen molar-refractivity contribution in [2.75, 3.05) is 11.1 Å². The average Bonchev–Trinajstić information content (AvgIpc) is 2.75. The van der Waals surface area contributed by atoms with E-state index in [0.717, 1.165) is 16.8 Å². The Kier molecular flexibility index (Phi) is 3.52. The lowest BCUT2D eigenvalue weighted by Gasteiger charge is -2.33. The number of benzene rings is 1. The first-order chi connectivity index (χ1) is 9.17. The monoisotopic (exact) mass is 278 g/mol. The van der Waals surface area contributed by atoms with Gasteiger partial charge in [-0.1, -0.05) is 43.7 Å². The topological polar surface area (TPSA) is 24.4 Å². The summed E-state index contributed by atoms with van der Waals surface area (Å²) in [6.45, 7) is 2.31.